The molecule has 6 nitrogen and oxygen atoms in total. The zero-order valence-electron chi connectivity index (χ0n) is 15.2. The summed E-state index contributed by atoms with van der Waals surface area (Å²) in [5.74, 6) is -0.332. The number of carbonyl (C=O) groups is 2. The molecule has 1 N–H and O–H groups in total. The summed E-state index contributed by atoms with van der Waals surface area (Å²) in [7, 11) is 0. The molecule has 2 amide bonds. The second-order valence-corrected chi connectivity index (χ2v) is 6.04. The van der Waals surface area contributed by atoms with Crippen molar-refractivity contribution in [1.29, 1.82) is 0 Å². The van der Waals surface area contributed by atoms with Crippen LogP contribution in [0.4, 0.5) is 5.69 Å². The zero-order valence-corrected chi connectivity index (χ0v) is 15.2. The predicted octanol–water partition coefficient (Wildman–Crippen LogP) is 3.38. The Balaban J connectivity index is 2.01. The van der Waals surface area contributed by atoms with Crippen molar-refractivity contribution in [3.05, 3.63) is 65.7 Å². The van der Waals surface area contributed by atoms with Crippen LogP contribution in [-0.4, -0.2) is 39.2 Å². The number of anilines is 1. The Hall–Kier alpha value is -3.15. The largest absolute Gasteiger partial charge is 0.338 e. The summed E-state index contributed by atoms with van der Waals surface area (Å²) in [4.78, 5) is 31.6. The molecule has 1 aromatic carbocycles. The minimum Gasteiger partial charge on any atom is -0.338 e. The first-order valence-electron chi connectivity index (χ1n) is 8.69. The highest BCUT2D eigenvalue weighted by Crippen LogP contribution is 2.17. The van der Waals surface area contributed by atoms with Crippen LogP contribution in [0, 0.1) is 6.92 Å². The van der Waals surface area contributed by atoms with Gasteiger partial charge in [-0.1, -0.05) is 18.2 Å². The van der Waals surface area contributed by atoms with Crippen LogP contribution in [0.2, 0.25) is 0 Å². The number of aryl methyl sites for hydroxylation is 1. The maximum atomic E-state index is 12.8. The number of hydrogen-bond acceptors (Lipinski definition) is 3. The summed E-state index contributed by atoms with van der Waals surface area (Å²) < 4.78 is 1.65. The molecule has 0 unspecified atom stereocenters. The highest BCUT2D eigenvalue weighted by Gasteiger charge is 2.24. The minimum atomic E-state index is -0.351. The summed E-state index contributed by atoms with van der Waals surface area (Å²) >= 11 is 0. The second kappa shape index (κ2) is 7.39. The van der Waals surface area contributed by atoms with Gasteiger partial charge in [0.25, 0.3) is 11.8 Å². The van der Waals surface area contributed by atoms with E-state index in [9.17, 15) is 9.59 Å². The molecular formula is C20H22N4O2. The molecule has 0 fully saturated rings. The molecule has 26 heavy (non-hydrogen) atoms. The van der Waals surface area contributed by atoms with E-state index in [4.69, 9.17) is 0 Å². The number of amides is 2. The second-order valence-electron chi connectivity index (χ2n) is 6.04. The van der Waals surface area contributed by atoms with Gasteiger partial charge in [0, 0.05) is 25.0 Å². The minimum absolute atomic E-state index is 0.173. The van der Waals surface area contributed by atoms with E-state index in [1.807, 2.05) is 57.2 Å². The molecule has 134 valence electrons. The zero-order chi connectivity index (χ0) is 18.7. The fraction of sp³-hybridized carbons (Fsp3) is 0.250. The predicted molar refractivity (Wildman–Crippen MR) is 102 cm³/mol. The normalized spacial score (nSPS) is 10.7. The van der Waals surface area contributed by atoms with Crippen molar-refractivity contribution in [2.24, 2.45) is 0 Å². The quantitative estimate of drug-likeness (QED) is 0.767. The molecule has 3 aromatic rings. The van der Waals surface area contributed by atoms with Gasteiger partial charge in [-0.05, 0) is 50.6 Å². The third-order valence-electron chi connectivity index (χ3n) is 4.28. The van der Waals surface area contributed by atoms with Crippen molar-refractivity contribution in [3.8, 4) is 0 Å². The standard InChI is InChI=1S/C20H22N4O2/c1-4-23(5-2)20(26)17-16-11-6-7-12-24(16)18(22-17)19(25)21-15-10-8-9-14(3)13-15/h6-13H,4-5H2,1-3H3,(H,21,25). The molecule has 2 aromatic heterocycles. The van der Waals surface area contributed by atoms with Crippen LogP contribution in [0.5, 0.6) is 0 Å². The van der Waals surface area contributed by atoms with Gasteiger partial charge in [0.15, 0.2) is 5.69 Å². The van der Waals surface area contributed by atoms with Gasteiger partial charge in [0.1, 0.15) is 0 Å². The lowest BCUT2D eigenvalue weighted by Crippen LogP contribution is -2.31. The van der Waals surface area contributed by atoms with Crippen LogP contribution in [0.15, 0.2) is 48.7 Å². The highest BCUT2D eigenvalue weighted by atomic mass is 16.2. The molecule has 0 radical (unpaired) electrons. The number of imidazole rings is 1. The van der Waals surface area contributed by atoms with Crippen molar-refractivity contribution in [2.45, 2.75) is 20.8 Å². The average Bonchev–Trinajstić information content (AvgIpc) is 3.02. The lowest BCUT2D eigenvalue weighted by atomic mass is 10.2. The highest BCUT2D eigenvalue weighted by molar-refractivity contribution is 6.06. The van der Waals surface area contributed by atoms with E-state index >= 15 is 0 Å². The smallest absolute Gasteiger partial charge is 0.292 e. The van der Waals surface area contributed by atoms with Crippen molar-refractivity contribution >= 4 is 23.0 Å². The molecule has 0 atom stereocenters. The number of fused-ring (bicyclic) bond motifs is 1. The van der Waals surface area contributed by atoms with E-state index in [0.29, 0.717) is 30.0 Å². The van der Waals surface area contributed by atoms with E-state index in [0.717, 1.165) is 5.56 Å². The molecule has 2 heterocycles. The number of hydrogen-bond donors (Lipinski definition) is 1. The van der Waals surface area contributed by atoms with E-state index < -0.39 is 0 Å². The monoisotopic (exact) mass is 350 g/mol. The number of carbonyl (C=O) groups excluding carboxylic acids is 2. The summed E-state index contributed by atoms with van der Waals surface area (Å²) in [6, 6.07) is 13.0. The van der Waals surface area contributed by atoms with Crippen molar-refractivity contribution in [1.82, 2.24) is 14.3 Å². The Labute approximate surface area is 152 Å². The molecular weight excluding hydrogens is 328 g/mol. The van der Waals surface area contributed by atoms with Gasteiger partial charge in [0.05, 0.1) is 5.52 Å². The topological polar surface area (TPSA) is 66.7 Å². The third-order valence-corrected chi connectivity index (χ3v) is 4.28. The molecule has 0 spiro atoms. The molecule has 0 aliphatic carbocycles. The van der Waals surface area contributed by atoms with Crippen LogP contribution in [0.25, 0.3) is 5.52 Å². The van der Waals surface area contributed by atoms with Crippen molar-refractivity contribution in [3.63, 3.8) is 0 Å². The van der Waals surface area contributed by atoms with Gasteiger partial charge in [-0.2, -0.15) is 0 Å². The van der Waals surface area contributed by atoms with E-state index in [-0.39, 0.29) is 17.6 Å². The lowest BCUT2D eigenvalue weighted by molar-refractivity contribution is 0.0769. The molecule has 0 aliphatic heterocycles. The van der Waals surface area contributed by atoms with Gasteiger partial charge in [-0.25, -0.2) is 4.98 Å². The van der Waals surface area contributed by atoms with Crippen molar-refractivity contribution in [2.75, 3.05) is 18.4 Å². The van der Waals surface area contributed by atoms with Crippen LogP contribution in [0.1, 0.15) is 40.5 Å². The van der Waals surface area contributed by atoms with E-state index in [2.05, 4.69) is 10.3 Å². The van der Waals surface area contributed by atoms with Gasteiger partial charge in [-0.15, -0.1) is 0 Å². The van der Waals surface area contributed by atoms with Gasteiger partial charge in [0.2, 0.25) is 5.82 Å². The van der Waals surface area contributed by atoms with Crippen LogP contribution >= 0.6 is 0 Å². The fourth-order valence-electron chi connectivity index (χ4n) is 2.93. The number of nitrogens with zero attached hydrogens (tertiary/aromatic N) is 3. The first-order chi connectivity index (χ1) is 12.5. The molecule has 0 saturated heterocycles. The molecule has 3 rings (SSSR count). The average molecular weight is 350 g/mol. The van der Waals surface area contributed by atoms with Gasteiger partial charge >= 0.3 is 0 Å². The Bertz CT molecular complexity index is 957. The van der Waals surface area contributed by atoms with E-state index in [1.54, 1.807) is 21.6 Å². The Morgan fingerprint density at radius 1 is 1.12 bits per heavy atom. The van der Waals surface area contributed by atoms with E-state index in [1.165, 1.54) is 0 Å². The number of aromatic nitrogens is 2. The Morgan fingerprint density at radius 3 is 2.58 bits per heavy atom. The number of rotatable bonds is 5. The first kappa shape index (κ1) is 17.7. The lowest BCUT2D eigenvalue weighted by Gasteiger charge is -2.17. The Morgan fingerprint density at radius 2 is 1.88 bits per heavy atom. The summed E-state index contributed by atoms with van der Waals surface area (Å²) in [6.07, 6.45) is 1.74. The summed E-state index contributed by atoms with van der Waals surface area (Å²) in [5, 5.41) is 2.85. The summed E-state index contributed by atoms with van der Waals surface area (Å²) in [6.45, 7) is 6.98. The summed E-state index contributed by atoms with van der Waals surface area (Å²) in [5.41, 5.74) is 2.66. The molecule has 0 aliphatic rings. The van der Waals surface area contributed by atoms with Crippen LogP contribution in [-0.2, 0) is 0 Å². The number of benzene rings is 1. The Kier molecular flexibility index (Phi) is 5.02. The van der Waals surface area contributed by atoms with Crippen LogP contribution in [0.3, 0.4) is 0 Å². The first-order valence-corrected chi connectivity index (χ1v) is 8.69. The fourth-order valence-corrected chi connectivity index (χ4v) is 2.93. The van der Waals surface area contributed by atoms with Gasteiger partial charge < -0.3 is 10.2 Å². The maximum Gasteiger partial charge on any atom is 0.292 e. The number of nitrogens with one attached hydrogen (secondary N) is 1. The number of pyridine rings is 1. The van der Waals surface area contributed by atoms with Crippen molar-refractivity contribution < 1.29 is 9.59 Å². The molecule has 0 bridgehead atoms. The molecule has 0 saturated carbocycles. The third kappa shape index (κ3) is 3.31. The SMILES string of the molecule is CCN(CC)C(=O)c1nc(C(=O)Nc2cccc(C)c2)n2ccccc12. The maximum absolute atomic E-state index is 12.8. The van der Waals surface area contributed by atoms with Gasteiger partial charge in [-0.3, -0.25) is 14.0 Å². The van der Waals surface area contributed by atoms with Crippen LogP contribution < -0.4 is 5.32 Å². The molecule has 6 heteroatoms.